The number of carbonyl (C=O) groups excluding carboxylic acids is 1. The van der Waals surface area contributed by atoms with Gasteiger partial charge in [-0.3, -0.25) is 9.89 Å². The molecule has 0 spiro atoms. The molecule has 2 heterocycles. The fraction of sp³-hybridized carbons (Fsp3) is 0.500. The zero-order valence-corrected chi connectivity index (χ0v) is 17.6. The van der Waals surface area contributed by atoms with Gasteiger partial charge in [-0.1, -0.05) is 6.07 Å². The van der Waals surface area contributed by atoms with Gasteiger partial charge in [0.15, 0.2) is 0 Å². The Morgan fingerprint density at radius 2 is 2.13 bits per heavy atom. The Labute approximate surface area is 177 Å². The fourth-order valence-corrected chi connectivity index (χ4v) is 4.89. The molecule has 2 aromatic heterocycles. The molecule has 0 bridgehead atoms. The van der Waals surface area contributed by atoms with Gasteiger partial charge < -0.3 is 14.2 Å². The number of aryl methyl sites for hydroxylation is 2. The Bertz CT molecular complexity index is 1030. The summed E-state index contributed by atoms with van der Waals surface area (Å²) in [4.78, 5) is 16.0. The highest BCUT2D eigenvalue weighted by Gasteiger charge is 2.39. The lowest BCUT2D eigenvalue weighted by atomic mass is 9.91. The second-order valence-electron chi connectivity index (χ2n) is 8.66. The molecule has 6 nitrogen and oxygen atoms in total. The molecule has 1 amide bonds. The maximum atomic E-state index is 13.8. The van der Waals surface area contributed by atoms with Crippen molar-refractivity contribution >= 4 is 16.8 Å². The van der Waals surface area contributed by atoms with Crippen molar-refractivity contribution in [3.05, 3.63) is 53.5 Å². The quantitative estimate of drug-likeness (QED) is 0.576. The number of hydrogen-bond donors (Lipinski definition) is 1. The molecule has 30 heavy (non-hydrogen) atoms. The third-order valence-electron chi connectivity index (χ3n) is 6.60. The second kappa shape index (κ2) is 8.26. The molecule has 1 fully saturated rings. The summed E-state index contributed by atoms with van der Waals surface area (Å²) in [6.45, 7) is 1.74. The molecule has 2 aliphatic carbocycles. The summed E-state index contributed by atoms with van der Waals surface area (Å²) in [7, 11) is 1.74. The Morgan fingerprint density at radius 1 is 1.23 bits per heavy atom. The van der Waals surface area contributed by atoms with Gasteiger partial charge in [-0.25, -0.2) is 0 Å². The van der Waals surface area contributed by atoms with Gasteiger partial charge >= 0.3 is 0 Å². The molecule has 5 rings (SSSR count). The predicted molar refractivity (Wildman–Crippen MR) is 117 cm³/mol. The first-order valence-corrected chi connectivity index (χ1v) is 11.2. The van der Waals surface area contributed by atoms with E-state index in [1.165, 1.54) is 11.3 Å². The second-order valence-corrected chi connectivity index (χ2v) is 8.66. The van der Waals surface area contributed by atoms with Crippen LogP contribution in [-0.4, -0.2) is 51.4 Å². The molecular weight excluding hydrogens is 376 g/mol. The van der Waals surface area contributed by atoms with Gasteiger partial charge in [-0.15, -0.1) is 0 Å². The number of benzene rings is 1. The third kappa shape index (κ3) is 3.65. The number of hydrogen-bond acceptors (Lipinski definition) is 3. The van der Waals surface area contributed by atoms with Gasteiger partial charge in [0.2, 0.25) is 0 Å². The lowest BCUT2D eigenvalue weighted by Crippen LogP contribution is -2.44. The van der Waals surface area contributed by atoms with Crippen LogP contribution in [0.3, 0.4) is 0 Å². The fourth-order valence-electron chi connectivity index (χ4n) is 4.89. The average Bonchev–Trinajstić information content (AvgIpc) is 3.33. The van der Waals surface area contributed by atoms with Gasteiger partial charge in [0.1, 0.15) is 0 Å². The van der Waals surface area contributed by atoms with Crippen molar-refractivity contribution in [2.24, 2.45) is 0 Å². The summed E-state index contributed by atoms with van der Waals surface area (Å²) in [6, 6.07) is 8.92. The van der Waals surface area contributed by atoms with Crippen LogP contribution in [0.15, 0.2) is 36.7 Å². The smallest absolute Gasteiger partial charge is 0.255 e. The first kappa shape index (κ1) is 19.4. The number of amides is 1. The minimum atomic E-state index is 0.192. The van der Waals surface area contributed by atoms with Crippen LogP contribution in [-0.2, 0) is 24.1 Å². The largest absolute Gasteiger partial charge is 0.385 e. The molecule has 3 aromatic rings. The molecule has 158 valence electrons. The minimum absolute atomic E-state index is 0.192. The summed E-state index contributed by atoms with van der Waals surface area (Å²) < 4.78 is 7.43. The van der Waals surface area contributed by atoms with Crippen LogP contribution in [0.2, 0.25) is 0 Å². The van der Waals surface area contributed by atoms with Gasteiger partial charge in [-0.2, -0.15) is 5.10 Å². The zero-order chi connectivity index (χ0) is 20.5. The number of fused-ring (bicyclic) bond motifs is 2. The van der Waals surface area contributed by atoms with Gasteiger partial charge in [-0.05, 0) is 68.7 Å². The number of nitrogens with zero attached hydrogens (tertiary/aromatic N) is 3. The highest BCUT2D eigenvalue weighted by atomic mass is 16.5. The van der Waals surface area contributed by atoms with Crippen molar-refractivity contribution in [2.75, 3.05) is 13.7 Å². The van der Waals surface area contributed by atoms with E-state index in [0.29, 0.717) is 6.04 Å². The van der Waals surface area contributed by atoms with Crippen molar-refractivity contribution in [2.45, 2.75) is 63.6 Å². The molecule has 0 saturated heterocycles. The highest BCUT2D eigenvalue weighted by Crippen LogP contribution is 2.35. The number of aromatic amines is 1. The Kier molecular flexibility index (Phi) is 5.34. The van der Waals surface area contributed by atoms with Crippen LogP contribution in [0.5, 0.6) is 0 Å². The van der Waals surface area contributed by atoms with Crippen LogP contribution < -0.4 is 0 Å². The summed E-state index contributed by atoms with van der Waals surface area (Å²) in [5.41, 5.74) is 4.50. The monoisotopic (exact) mass is 406 g/mol. The first-order chi connectivity index (χ1) is 14.8. The summed E-state index contributed by atoms with van der Waals surface area (Å²) >= 11 is 0. The molecule has 2 aliphatic rings. The predicted octanol–water partition coefficient (Wildman–Crippen LogP) is 3.95. The lowest BCUT2D eigenvalue weighted by Gasteiger charge is -2.34. The van der Waals surface area contributed by atoms with E-state index in [1.54, 1.807) is 7.11 Å². The summed E-state index contributed by atoms with van der Waals surface area (Å²) in [5, 5.41) is 8.38. The van der Waals surface area contributed by atoms with E-state index in [4.69, 9.17) is 4.74 Å². The van der Waals surface area contributed by atoms with Crippen LogP contribution in [0.4, 0.5) is 0 Å². The first-order valence-electron chi connectivity index (χ1n) is 11.2. The van der Waals surface area contributed by atoms with E-state index in [1.807, 2.05) is 18.3 Å². The van der Waals surface area contributed by atoms with E-state index in [2.05, 4.69) is 38.0 Å². The van der Waals surface area contributed by atoms with Crippen molar-refractivity contribution < 1.29 is 9.53 Å². The Hall–Kier alpha value is -2.60. The number of ether oxygens (including phenoxy) is 1. The molecular formula is C24H30N4O2. The Morgan fingerprint density at radius 3 is 2.97 bits per heavy atom. The minimum Gasteiger partial charge on any atom is -0.385 e. The molecule has 1 aromatic carbocycles. The van der Waals surface area contributed by atoms with E-state index in [0.717, 1.165) is 74.6 Å². The number of aromatic nitrogens is 3. The van der Waals surface area contributed by atoms with Gasteiger partial charge in [0, 0.05) is 60.7 Å². The number of H-pyrrole nitrogens is 1. The van der Waals surface area contributed by atoms with Crippen LogP contribution in [0.25, 0.3) is 10.9 Å². The molecule has 0 aliphatic heterocycles. The topological polar surface area (TPSA) is 63.1 Å². The Balaban J connectivity index is 1.40. The molecule has 1 saturated carbocycles. The van der Waals surface area contributed by atoms with E-state index in [-0.39, 0.29) is 11.9 Å². The van der Waals surface area contributed by atoms with Crippen molar-refractivity contribution in [3.8, 4) is 0 Å². The highest BCUT2D eigenvalue weighted by molar-refractivity contribution is 6.07. The van der Waals surface area contributed by atoms with Crippen LogP contribution >= 0.6 is 0 Å². The van der Waals surface area contributed by atoms with Gasteiger partial charge in [0.25, 0.3) is 5.91 Å². The number of rotatable bonds is 8. The van der Waals surface area contributed by atoms with Crippen LogP contribution in [0, 0.1) is 0 Å². The number of carbonyl (C=O) groups is 1. The number of unbranched alkanes of at least 4 members (excludes halogenated alkanes) is 1. The van der Waals surface area contributed by atoms with Crippen LogP contribution in [0.1, 0.15) is 53.7 Å². The molecule has 1 N–H and O–H groups in total. The normalized spacial score (nSPS) is 18.5. The SMILES string of the molecule is COCCCCn1ccc2c(C(=O)N(C3CC3)C3CCc4[nH]ncc4C3)cccc21. The molecule has 0 radical (unpaired) electrons. The maximum Gasteiger partial charge on any atom is 0.255 e. The van der Waals surface area contributed by atoms with Gasteiger partial charge in [0.05, 0.1) is 6.20 Å². The van der Waals surface area contributed by atoms with E-state index in [9.17, 15) is 4.79 Å². The molecule has 1 unspecified atom stereocenters. The van der Waals surface area contributed by atoms with Crippen molar-refractivity contribution in [1.29, 1.82) is 0 Å². The standard InChI is InChI=1S/C24H30N4O2/c1-30-14-3-2-12-27-13-11-20-21(5-4-6-23(20)27)24(29)28(18-7-8-18)19-9-10-22-17(15-19)16-25-26-22/h4-6,11,13,16,18-19H,2-3,7-10,12,14-15H2,1H3,(H,25,26). The van der Waals surface area contributed by atoms with Crippen molar-refractivity contribution in [3.63, 3.8) is 0 Å². The number of nitrogens with one attached hydrogen (secondary N) is 1. The third-order valence-corrected chi connectivity index (χ3v) is 6.60. The molecule has 1 atom stereocenters. The lowest BCUT2D eigenvalue weighted by molar-refractivity contribution is 0.0645. The average molecular weight is 407 g/mol. The van der Waals surface area contributed by atoms with E-state index >= 15 is 0 Å². The number of methoxy groups -OCH3 is 1. The maximum absolute atomic E-state index is 13.8. The van der Waals surface area contributed by atoms with E-state index < -0.39 is 0 Å². The molecule has 6 heteroatoms. The zero-order valence-electron chi connectivity index (χ0n) is 17.6. The summed E-state index contributed by atoms with van der Waals surface area (Å²) in [5.74, 6) is 0.192. The summed E-state index contributed by atoms with van der Waals surface area (Å²) in [6.07, 6.45) is 11.3. The van der Waals surface area contributed by atoms with Crippen molar-refractivity contribution in [1.82, 2.24) is 19.7 Å².